The SMILES string of the molecule is CCC(COC)Nc1cc(NC(=O)OC(C)(C)C)ccc1F. The number of benzene rings is 1. The number of ether oxygens (including phenoxy) is 2. The molecule has 6 heteroatoms. The summed E-state index contributed by atoms with van der Waals surface area (Å²) >= 11 is 0. The average Bonchev–Trinajstić information content (AvgIpc) is 2.39. The van der Waals surface area contributed by atoms with E-state index >= 15 is 0 Å². The number of carbonyl (C=O) groups is 1. The summed E-state index contributed by atoms with van der Waals surface area (Å²) in [6.45, 7) is 7.79. The van der Waals surface area contributed by atoms with Gasteiger partial charge >= 0.3 is 6.09 Å². The van der Waals surface area contributed by atoms with E-state index in [4.69, 9.17) is 9.47 Å². The fraction of sp³-hybridized carbons (Fsp3) is 0.562. The Labute approximate surface area is 131 Å². The topological polar surface area (TPSA) is 59.6 Å². The third-order valence-electron chi connectivity index (χ3n) is 2.83. The highest BCUT2D eigenvalue weighted by atomic mass is 19.1. The van der Waals surface area contributed by atoms with Gasteiger partial charge in [-0.25, -0.2) is 9.18 Å². The number of halogens is 1. The Bertz CT molecular complexity index is 501. The normalized spacial score (nSPS) is 12.6. The summed E-state index contributed by atoms with van der Waals surface area (Å²) in [6.07, 6.45) is 0.214. The molecule has 0 radical (unpaired) electrons. The summed E-state index contributed by atoms with van der Waals surface area (Å²) in [4.78, 5) is 11.7. The summed E-state index contributed by atoms with van der Waals surface area (Å²) in [5.41, 5.74) is 0.194. The van der Waals surface area contributed by atoms with Gasteiger partial charge in [0.25, 0.3) is 0 Å². The van der Waals surface area contributed by atoms with Gasteiger partial charge in [-0.2, -0.15) is 0 Å². The van der Waals surface area contributed by atoms with Crippen molar-refractivity contribution in [2.45, 2.75) is 45.8 Å². The summed E-state index contributed by atoms with van der Waals surface area (Å²) in [5.74, 6) is -0.385. The zero-order valence-corrected chi connectivity index (χ0v) is 13.8. The van der Waals surface area contributed by atoms with E-state index in [0.717, 1.165) is 6.42 Å². The molecule has 2 N–H and O–H groups in total. The molecule has 0 aliphatic carbocycles. The van der Waals surface area contributed by atoms with E-state index in [2.05, 4.69) is 10.6 Å². The molecule has 0 aliphatic rings. The Morgan fingerprint density at radius 2 is 2.05 bits per heavy atom. The van der Waals surface area contributed by atoms with Crippen LogP contribution in [0.3, 0.4) is 0 Å². The Balaban J connectivity index is 2.79. The van der Waals surface area contributed by atoms with Gasteiger partial charge in [0.1, 0.15) is 11.4 Å². The maximum absolute atomic E-state index is 13.9. The monoisotopic (exact) mass is 312 g/mol. The molecule has 124 valence electrons. The first-order valence-electron chi connectivity index (χ1n) is 7.30. The van der Waals surface area contributed by atoms with Gasteiger partial charge in [-0.15, -0.1) is 0 Å². The van der Waals surface area contributed by atoms with Crippen LogP contribution in [0.5, 0.6) is 0 Å². The van der Waals surface area contributed by atoms with Gasteiger partial charge in [0.15, 0.2) is 0 Å². The van der Waals surface area contributed by atoms with E-state index < -0.39 is 11.7 Å². The molecule has 0 saturated carbocycles. The van der Waals surface area contributed by atoms with Crippen molar-refractivity contribution >= 4 is 17.5 Å². The van der Waals surface area contributed by atoms with Crippen LogP contribution < -0.4 is 10.6 Å². The molecule has 5 nitrogen and oxygen atoms in total. The Morgan fingerprint density at radius 3 is 2.59 bits per heavy atom. The molecule has 0 aromatic heterocycles. The molecular formula is C16H25FN2O3. The highest BCUT2D eigenvalue weighted by Gasteiger charge is 2.17. The highest BCUT2D eigenvalue weighted by Crippen LogP contribution is 2.21. The first-order valence-corrected chi connectivity index (χ1v) is 7.30. The van der Waals surface area contributed by atoms with Gasteiger partial charge < -0.3 is 14.8 Å². The molecule has 0 heterocycles. The quantitative estimate of drug-likeness (QED) is 0.833. The van der Waals surface area contributed by atoms with E-state index in [1.54, 1.807) is 27.9 Å². The van der Waals surface area contributed by atoms with Crippen LogP contribution in [0.15, 0.2) is 18.2 Å². The van der Waals surface area contributed by atoms with Crippen LogP contribution in [0.4, 0.5) is 20.6 Å². The van der Waals surface area contributed by atoms with Gasteiger partial charge in [-0.1, -0.05) is 6.92 Å². The molecule has 1 atom stereocenters. The third-order valence-corrected chi connectivity index (χ3v) is 2.83. The minimum absolute atomic E-state index is 0.00345. The van der Waals surface area contributed by atoms with Crippen LogP contribution >= 0.6 is 0 Å². The Hall–Kier alpha value is -1.82. The number of methoxy groups -OCH3 is 1. The number of hydrogen-bond donors (Lipinski definition) is 2. The number of hydrogen-bond acceptors (Lipinski definition) is 4. The molecule has 1 amide bonds. The number of anilines is 2. The molecule has 0 spiro atoms. The zero-order valence-electron chi connectivity index (χ0n) is 13.8. The second-order valence-corrected chi connectivity index (χ2v) is 6.03. The van der Waals surface area contributed by atoms with Gasteiger partial charge in [0.05, 0.1) is 12.3 Å². The second kappa shape index (κ2) is 7.98. The standard InChI is InChI=1S/C16H25FN2O3/c1-6-11(10-21-5)18-14-9-12(7-8-13(14)17)19-15(20)22-16(2,3)4/h7-9,11,18H,6,10H2,1-5H3,(H,19,20). The van der Waals surface area contributed by atoms with Gasteiger partial charge in [-0.3, -0.25) is 5.32 Å². The predicted octanol–water partition coefficient (Wildman–Crippen LogP) is 4.01. The fourth-order valence-electron chi connectivity index (χ4n) is 1.82. The van der Waals surface area contributed by atoms with Crippen molar-refractivity contribution in [1.29, 1.82) is 0 Å². The van der Waals surface area contributed by atoms with E-state index in [1.807, 2.05) is 6.92 Å². The average molecular weight is 312 g/mol. The van der Waals surface area contributed by atoms with Crippen LogP contribution in [0.1, 0.15) is 34.1 Å². The Kier molecular flexibility index (Phi) is 6.61. The zero-order chi connectivity index (χ0) is 16.8. The number of amides is 1. The van der Waals surface area contributed by atoms with Crippen molar-refractivity contribution in [3.8, 4) is 0 Å². The van der Waals surface area contributed by atoms with E-state index in [9.17, 15) is 9.18 Å². The molecule has 0 fully saturated rings. The summed E-state index contributed by atoms with van der Waals surface area (Å²) in [6, 6.07) is 4.32. The minimum atomic E-state index is -0.586. The maximum atomic E-state index is 13.9. The fourth-order valence-corrected chi connectivity index (χ4v) is 1.82. The second-order valence-electron chi connectivity index (χ2n) is 6.03. The van der Waals surface area contributed by atoms with E-state index in [0.29, 0.717) is 18.0 Å². The van der Waals surface area contributed by atoms with Gasteiger partial charge in [-0.05, 0) is 45.4 Å². The molecule has 0 bridgehead atoms. The lowest BCUT2D eigenvalue weighted by molar-refractivity contribution is 0.0636. The van der Waals surface area contributed by atoms with E-state index in [-0.39, 0.29) is 11.9 Å². The van der Waals surface area contributed by atoms with Crippen LogP contribution in [0, 0.1) is 5.82 Å². The van der Waals surface area contributed by atoms with Gasteiger partial charge in [0.2, 0.25) is 0 Å². The Morgan fingerprint density at radius 1 is 1.36 bits per heavy atom. The molecule has 0 saturated heterocycles. The number of nitrogens with one attached hydrogen (secondary N) is 2. The maximum Gasteiger partial charge on any atom is 0.412 e. The third kappa shape index (κ3) is 6.30. The lowest BCUT2D eigenvalue weighted by Gasteiger charge is -2.21. The summed E-state index contributed by atoms with van der Waals surface area (Å²) in [5, 5.41) is 5.66. The van der Waals surface area contributed by atoms with Crippen molar-refractivity contribution in [2.24, 2.45) is 0 Å². The summed E-state index contributed by atoms with van der Waals surface area (Å²) < 4.78 is 24.1. The number of rotatable bonds is 6. The molecular weight excluding hydrogens is 287 g/mol. The smallest absolute Gasteiger partial charge is 0.412 e. The van der Waals surface area contributed by atoms with Gasteiger partial charge in [0, 0.05) is 18.8 Å². The predicted molar refractivity (Wildman–Crippen MR) is 85.8 cm³/mol. The van der Waals surface area contributed by atoms with Crippen molar-refractivity contribution < 1.29 is 18.7 Å². The van der Waals surface area contributed by atoms with Crippen LogP contribution in [-0.2, 0) is 9.47 Å². The molecule has 1 aromatic rings. The highest BCUT2D eigenvalue weighted by molar-refractivity contribution is 5.85. The van der Waals surface area contributed by atoms with Crippen molar-refractivity contribution in [1.82, 2.24) is 0 Å². The van der Waals surface area contributed by atoms with Crippen molar-refractivity contribution in [2.75, 3.05) is 24.4 Å². The molecule has 22 heavy (non-hydrogen) atoms. The van der Waals surface area contributed by atoms with Crippen LogP contribution in [0.2, 0.25) is 0 Å². The number of carbonyl (C=O) groups excluding carboxylic acids is 1. The molecule has 1 rings (SSSR count). The van der Waals surface area contributed by atoms with Crippen LogP contribution in [0.25, 0.3) is 0 Å². The first-order chi connectivity index (χ1) is 10.2. The lowest BCUT2D eigenvalue weighted by atomic mass is 10.2. The van der Waals surface area contributed by atoms with E-state index in [1.165, 1.54) is 18.2 Å². The first kappa shape index (κ1) is 18.2. The van der Waals surface area contributed by atoms with Crippen LogP contribution in [-0.4, -0.2) is 31.5 Å². The van der Waals surface area contributed by atoms with Crippen molar-refractivity contribution in [3.63, 3.8) is 0 Å². The molecule has 1 unspecified atom stereocenters. The van der Waals surface area contributed by atoms with Crippen molar-refractivity contribution in [3.05, 3.63) is 24.0 Å². The molecule has 0 aliphatic heterocycles. The largest absolute Gasteiger partial charge is 0.444 e. The molecule has 1 aromatic carbocycles. The lowest BCUT2D eigenvalue weighted by Crippen LogP contribution is -2.27. The minimum Gasteiger partial charge on any atom is -0.444 e. The summed E-state index contributed by atoms with van der Waals surface area (Å²) in [7, 11) is 1.60.